The van der Waals surface area contributed by atoms with Crippen LogP contribution in [0.15, 0.2) is 22.7 Å². The molecule has 4 heteroatoms. The summed E-state index contributed by atoms with van der Waals surface area (Å²) in [4.78, 5) is 2.47. The van der Waals surface area contributed by atoms with Crippen molar-refractivity contribution in [1.29, 1.82) is 0 Å². The zero-order chi connectivity index (χ0) is 14.0. The van der Waals surface area contributed by atoms with Crippen molar-refractivity contribution in [3.05, 3.63) is 28.2 Å². The predicted octanol–water partition coefficient (Wildman–Crippen LogP) is 3.15. The smallest absolute Gasteiger partial charge is 0.120 e. The van der Waals surface area contributed by atoms with E-state index < -0.39 is 0 Å². The van der Waals surface area contributed by atoms with Gasteiger partial charge in [-0.3, -0.25) is 4.90 Å². The Balaban J connectivity index is 2.39. The van der Waals surface area contributed by atoms with E-state index in [4.69, 9.17) is 0 Å². The van der Waals surface area contributed by atoms with Gasteiger partial charge < -0.3 is 10.4 Å². The summed E-state index contributed by atoms with van der Waals surface area (Å²) in [6.07, 6.45) is 0. The lowest BCUT2D eigenvalue weighted by atomic mass is 9.80. The summed E-state index contributed by atoms with van der Waals surface area (Å²) >= 11 is 3.51. The first-order valence-corrected chi connectivity index (χ1v) is 7.62. The van der Waals surface area contributed by atoms with E-state index in [1.165, 1.54) is 0 Å². The second-order valence-electron chi connectivity index (χ2n) is 6.26. The summed E-state index contributed by atoms with van der Waals surface area (Å²) in [5.41, 5.74) is 1.10. The average Bonchev–Trinajstić information content (AvgIpc) is 2.33. The van der Waals surface area contributed by atoms with Crippen LogP contribution in [0.2, 0.25) is 0 Å². The third kappa shape index (κ3) is 3.50. The molecule has 1 fully saturated rings. The first-order valence-electron chi connectivity index (χ1n) is 6.83. The average molecular weight is 327 g/mol. The van der Waals surface area contributed by atoms with Crippen molar-refractivity contribution >= 4 is 15.9 Å². The summed E-state index contributed by atoms with van der Waals surface area (Å²) in [6, 6.07) is 5.94. The predicted molar refractivity (Wildman–Crippen MR) is 82.4 cm³/mol. The van der Waals surface area contributed by atoms with Crippen molar-refractivity contribution < 1.29 is 5.11 Å². The minimum Gasteiger partial charge on any atom is -0.508 e. The van der Waals surface area contributed by atoms with Gasteiger partial charge >= 0.3 is 0 Å². The van der Waals surface area contributed by atoms with Crippen molar-refractivity contribution in [3.8, 4) is 5.75 Å². The van der Waals surface area contributed by atoms with Crippen LogP contribution in [0.5, 0.6) is 5.75 Å². The summed E-state index contributed by atoms with van der Waals surface area (Å²) in [6.45, 7) is 10.8. The van der Waals surface area contributed by atoms with Crippen LogP contribution in [0.1, 0.15) is 32.4 Å². The molecule has 0 bridgehead atoms. The first-order chi connectivity index (χ1) is 8.89. The van der Waals surface area contributed by atoms with Crippen LogP contribution in [0.4, 0.5) is 0 Å². The van der Waals surface area contributed by atoms with E-state index in [9.17, 15) is 5.11 Å². The Hall–Kier alpha value is -0.580. The Kier molecular flexibility index (Phi) is 4.54. The number of piperazine rings is 1. The number of phenols is 1. The number of hydrogen-bond acceptors (Lipinski definition) is 3. The third-order valence-corrected chi connectivity index (χ3v) is 4.11. The zero-order valence-electron chi connectivity index (χ0n) is 11.9. The monoisotopic (exact) mass is 326 g/mol. The lowest BCUT2D eigenvalue weighted by Gasteiger charge is -2.42. The lowest BCUT2D eigenvalue weighted by molar-refractivity contribution is 0.0842. The van der Waals surface area contributed by atoms with E-state index in [0.29, 0.717) is 5.75 Å². The second kappa shape index (κ2) is 5.81. The summed E-state index contributed by atoms with van der Waals surface area (Å²) in [7, 11) is 0. The normalized spacial score (nSPS) is 19.4. The molecule has 0 aromatic heterocycles. The molecular weight excluding hydrogens is 304 g/mol. The van der Waals surface area contributed by atoms with Crippen molar-refractivity contribution in [2.75, 3.05) is 26.2 Å². The molecule has 106 valence electrons. The van der Waals surface area contributed by atoms with Gasteiger partial charge in [0.25, 0.3) is 0 Å². The quantitative estimate of drug-likeness (QED) is 0.876. The maximum atomic E-state index is 10.2. The van der Waals surface area contributed by atoms with Gasteiger partial charge in [0.1, 0.15) is 5.75 Å². The van der Waals surface area contributed by atoms with Gasteiger partial charge in [-0.05, 0) is 23.6 Å². The Labute approximate surface area is 124 Å². The highest BCUT2D eigenvalue weighted by molar-refractivity contribution is 9.10. The topological polar surface area (TPSA) is 35.5 Å². The molecule has 0 radical (unpaired) electrons. The lowest BCUT2D eigenvalue weighted by Crippen LogP contribution is -2.48. The number of phenolic OH excluding ortho intramolecular Hbond substituents is 1. The van der Waals surface area contributed by atoms with Crippen molar-refractivity contribution in [2.45, 2.75) is 26.8 Å². The van der Waals surface area contributed by atoms with Crippen molar-refractivity contribution in [3.63, 3.8) is 0 Å². The molecule has 1 heterocycles. The maximum absolute atomic E-state index is 10.2. The Bertz CT molecular complexity index is 436. The van der Waals surface area contributed by atoms with Crippen LogP contribution < -0.4 is 5.32 Å². The molecule has 0 aliphatic carbocycles. The Morgan fingerprint density at radius 3 is 2.47 bits per heavy atom. The molecule has 2 rings (SSSR count). The molecule has 1 aromatic rings. The number of nitrogens with zero attached hydrogens (tertiary/aromatic N) is 1. The molecule has 1 saturated heterocycles. The molecule has 0 spiro atoms. The van der Waals surface area contributed by atoms with Crippen LogP contribution in [-0.2, 0) is 0 Å². The van der Waals surface area contributed by atoms with E-state index in [1.54, 1.807) is 6.07 Å². The van der Waals surface area contributed by atoms with E-state index in [-0.39, 0.29) is 11.5 Å². The number of nitrogens with one attached hydrogen (secondary N) is 1. The van der Waals surface area contributed by atoms with Crippen LogP contribution >= 0.6 is 15.9 Å². The zero-order valence-corrected chi connectivity index (χ0v) is 13.5. The minimum atomic E-state index is 0.0790. The van der Waals surface area contributed by atoms with Crippen molar-refractivity contribution in [2.24, 2.45) is 5.41 Å². The highest BCUT2D eigenvalue weighted by Gasteiger charge is 2.34. The molecule has 0 unspecified atom stereocenters. The largest absolute Gasteiger partial charge is 0.508 e. The maximum Gasteiger partial charge on any atom is 0.120 e. The fourth-order valence-corrected chi connectivity index (χ4v) is 3.27. The van der Waals surface area contributed by atoms with E-state index in [2.05, 4.69) is 46.9 Å². The number of rotatable bonds is 2. The number of halogens is 1. The minimum absolute atomic E-state index is 0.0790. The van der Waals surface area contributed by atoms with Gasteiger partial charge in [-0.1, -0.05) is 36.7 Å². The van der Waals surface area contributed by atoms with E-state index >= 15 is 0 Å². The highest BCUT2D eigenvalue weighted by Crippen LogP contribution is 2.42. The van der Waals surface area contributed by atoms with Gasteiger partial charge in [-0.25, -0.2) is 0 Å². The molecule has 1 aliphatic heterocycles. The van der Waals surface area contributed by atoms with Crippen LogP contribution in [0, 0.1) is 5.41 Å². The summed E-state index contributed by atoms with van der Waals surface area (Å²) in [5, 5.41) is 13.6. The van der Waals surface area contributed by atoms with Crippen LogP contribution in [0.25, 0.3) is 0 Å². The number of hydrogen-bond donors (Lipinski definition) is 2. The van der Waals surface area contributed by atoms with Gasteiger partial charge in [-0.15, -0.1) is 0 Å². The number of aromatic hydroxyl groups is 1. The Morgan fingerprint density at radius 2 is 1.89 bits per heavy atom. The SMILES string of the molecule is CC(C)(C)[C@@H](c1cc(Br)ccc1O)N1CCNCC1. The fourth-order valence-electron chi connectivity index (χ4n) is 2.90. The Morgan fingerprint density at radius 1 is 1.26 bits per heavy atom. The molecule has 1 atom stereocenters. The van der Waals surface area contributed by atoms with E-state index in [1.807, 2.05) is 12.1 Å². The van der Waals surface area contributed by atoms with Crippen LogP contribution in [-0.4, -0.2) is 36.2 Å². The molecular formula is C15H23BrN2O. The molecule has 0 amide bonds. The summed E-state index contributed by atoms with van der Waals surface area (Å²) in [5.74, 6) is 0.390. The highest BCUT2D eigenvalue weighted by atomic mass is 79.9. The first kappa shape index (κ1) is 14.8. The van der Waals surface area contributed by atoms with Gasteiger partial charge in [0, 0.05) is 42.3 Å². The fraction of sp³-hybridized carbons (Fsp3) is 0.600. The van der Waals surface area contributed by atoms with Gasteiger partial charge in [0.2, 0.25) is 0 Å². The molecule has 0 saturated carbocycles. The van der Waals surface area contributed by atoms with Gasteiger partial charge in [-0.2, -0.15) is 0 Å². The molecule has 3 nitrogen and oxygen atoms in total. The summed E-state index contributed by atoms with van der Waals surface area (Å²) < 4.78 is 1.02. The van der Waals surface area contributed by atoms with Gasteiger partial charge in [0.05, 0.1) is 0 Å². The van der Waals surface area contributed by atoms with Gasteiger partial charge in [0.15, 0.2) is 0 Å². The van der Waals surface area contributed by atoms with Crippen molar-refractivity contribution in [1.82, 2.24) is 10.2 Å². The number of benzene rings is 1. The standard InChI is InChI=1S/C15H23BrN2O/c1-15(2,3)14(18-8-6-17-7-9-18)12-10-11(16)4-5-13(12)19/h4-5,10,14,17,19H,6-9H2,1-3H3/t14-/m1/s1. The third-order valence-electron chi connectivity index (χ3n) is 3.62. The molecule has 1 aromatic carbocycles. The molecule has 1 aliphatic rings. The molecule has 2 N–H and O–H groups in total. The second-order valence-corrected chi connectivity index (χ2v) is 7.17. The van der Waals surface area contributed by atoms with E-state index in [0.717, 1.165) is 36.2 Å². The molecule has 19 heavy (non-hydrogen) atoms. The van der Waals surface area contributed by atoms with Crippen LogP contribution in [0.3, 0.4) is 0 Å².